The largest absolute Gasteiger partial charge is 0.505 e. The molecule has 2 rings (SSSR count). The topological polar surface area (TPSA) is 75.3 Å². The number of anilines is 1. The summed E-state index contributed by atoms with van der Waals surface area (Å²) in [6.45, 7) is 3.74. The minimum atomic E-state index is -0.130. The summed E-state index contributed by atoms with van der Waals surface area (Å²) in [4.78, 5) is 11.8. The Morgan fingerprint density at radius 2 is 2.17 bits per heavy atom. The molecule has 0 spiro atoms. The van der Waals surface area contributed by atoms with Gasteiger partial charge in [-0.1, -0.05) is 6.07 Å². The van der Waals surface area contributed by atoms with Gasteiger partial charge in [-0.2, -0.15) is 0 Å². The highest BCUT2D eigenvalue weighted by molar-refractivity contribution is 5.93. The average molecular weight is 248 g/mol. The fourth-order valence-corrected chi connectivity index (χ4v) is 2.16. The molecule has 98 valence electrons. The first kappa shape index (κ1) is 12.9. The van der Waals surface area contributed by atoms with E-state index in [-0.39, 0.29) is 17.7 Å². The molecule has 1 amide bonds. The molecule has 0 heterocycles. The van der Waals surface area contributed by atoms with Gasteiger partial charge in [0.15, 0.2) is 0 Å². The Bertz CT molecular complexity index is 467. The summed E-state index contributed by atoms with van der Waals surface area (Å²) in [7, 11) is 0. The van der Waals surface area contributed by atoms with E-state index in [1.165, 1.54) is 0 Å². The summed E-state index contributed by atoms with van der Waals surface area (Å²) < 4.78 is 0. The van der Waals surface area contributed by atoms with Crippen molar-refractivity contribution < 1.29 is 9.90 Å². The van der Waals surface area contributed by atoms with Crippen LogP contribution in [0.15, 0.2) is 12.1 Å². The molecule has 18 heavy (non-hydrogen) atoms. The number of nitrogens with two attached hydrogens (primary N) is 1. The Hall–Kier alpha value is -1.55. The highest BCUT2D eigenvalue weighted by Crippen LogP contribution is 2.33. The number of amides is 1. The minimum absolute atomic E-state index is 0.0574. The van der Waals surface area contributed by atoms with Gasteiger partial charge in [-0.3, -0.25) is 4.79 Å². The fourth-order valence-electron chi connectivity index (χ4n) is 2.16. The molecule has 4 N–H and O–H groups in total. The van der Waals surface area contributed by atoms with Crippen molar-refractivity contribution >= 4 is 11.6 Å². The Labute approximate surface area is 107 Å². The van der Waals surface area contributed by atoms with Gasteiger partial charge in [0.05, 0.1) is 5.69 Å². The number of phenols is 1. The molecule has 0 aliphatic heterocycles. The van der Waals surface area contributed by atoms with Crippen molar-refractivity contribution in [2.45, 2.75) is 39.2 Å². The fraction of sp³-hybridized carbons (Fsp3) is 0.500. The van der Waals surface area contributed by atoms with E-state index in [4.69, 9.17) is 5.73 Å². The van der Waals surface area contributed by atoms with Crippen LogP contribution in [0.4, 0.5) is 5.69 Å². The number of hydrogen-bond acceptors (Lipinski definition) is 3. The monoisotopic (exact) mass is 248 g/mol. The lowest BCUT2D eigenvalue weighted by Gasteiger charge is -2.13. The molecule has 1 unspecified atom stereocenters. The van der Waals surface area contributed by atoms with Crippen molar-refractivity contribution in [2.75, 3.05) is 5.32 Å². The number of rotatable bonds is 4. The molecule has 1 aromatic carbocycles. The molecule has 4 heteroatoms. The molecule has 0 radical (unpaired) electrons. The van der Waals surface area contributed by atoms with E-state index in [0.717, 1.165) is 24.0 Å². The lowest BCUT2D eigenvalue weighted by Crippen LogP contribution is -2.28. The number of carbonyl (C=O) groups is 1. The number of nitrogens with one attached hydrogen (secondary N) is 1. The van der Waals surface area contributed by atoms with Crippen LogP contribution in [0.5, 0.6) is 5.75 Å². The zero-order valence-corrected chi connectivity index (χ0v) is 10.9. The van der Waals surface area contributed by atoms with Crippen molar-refractivity contribution in [3.8, 4) is 5.75 Å². The Balaban J connectivity index is 2.02. The highest BCUT2D eigenvalue weighted by Gasteiger charge is 2.29. The van der Waals surface area contributed by atoms with E-state index in [0.29, 0.717) is 18.0 Å². The number of benzene rings is 1. The molecular formula is C14H20N2O2. The maximum Gasteiger partial charge on any atom is 0.226 e. The minimum Gasteiger partial charge on any atom is -0.505 e. The number of hydrogen-bond donors (Lipinski definition) is 3. The smallest absolute Gasteiger partial charge is 0.226 e. The predicted octanol–water partition coefficient (Wildman–Crippen LogP) is 2.07. The third-order valence-corrected chi connectivity index (χ3v) is 3.37. The van der Waals surface area contributed by atoms with E-state index in [2.05, 4.69) is 5.32 Å². The quantitative estimate of drug-likeness (QED) is 0.714. The molecule has 1 fully saturated rings. The van der Waals surface area contributed by atoms with E-state index < -0.39 is 0 Å². The van der Waals surface area contributed by atoms with Gasteiger partial charge in [0.1, 0.15) is 5.75 Å². The zero-order chi connectivity index (χ0) is 13.3. The van der Waals surface area contributed by atoms with Crippen molar-refractivity contribution in [1.82, 2.24) is 0 Å². The van der Waals surface area contributed by atoms with Gasteiger partial charge < -0.3 is 16.2 Å². The predicted molar refractivity (Wildman–Crippen MR) is 71.5 cm³/mol. The van der Waals surface area contributed by atoms with Crippen LogP contribution in [-0.2, 0) is 4.79 Å². The summed E-state index contributed by atoms with van der Waals surface area (Å²) in [5.74, 6) is 0.507. The van der Waals surface area contributed by atoms with Crippen molar-refractivity contribution in [2.24, 2.45) is 11.7 Å². The van der Waals surface area contributed by atoms with Crippen LogP contribution in [0.25, 0.3) is 0 Å². The van der Waals surface area contributed by atoms with Gasteiger partial charge in [0, 0.05) is 12.5 Å². The maximum absolute atomic E-state index is 11.8. The first-order chi connectivity index (χ1) is 8.47. The Kier molecular flexibility index (Phi) is 3.57. The number of aryl methyl sites for hydroxylation is 2. The second kappa shape index (κ2) is 4.98. The van der Waals surface area contributed by atoms with E-state index in [1.807, 2.05) is 19.9 Å². The summed E-state index contributed by atoms with van der Waals surface area (Å²) >= 11 is 0. The van der Waals surface area contributed by atoms with Gasteiger partial charge in [-0.25, -0.2) is 0 Å². The van der Waals surface area contributed by atoms with Crippen LogP contribution in [-0.4, -0.2) is 17.1 Å². The summed E-state index contributed by atoms with van der Waals surface area (Å²) in [6.07, 6.45) is 2.57. The number of phenolic OH excluding ortho intramolecular Hbond substituents is 1. The maximum atomic E-state index is 11.8. The molecule has 1 aliphatic carbocycles. The molecule has 1 saturated carbocycles. The Morgan fingerprint density at radius 1 is 1.50 bits per heavy atom. The van der Waals surface area contributed by atoms with Crippen LogP contribution in [0.2, 0.25) is 0 Å². The van der Waals surface area contributed by atoms with Crippen LogP contribution in [0, 0.1) is 19.8 Å². The number of aromatic hydroxyl groups is 1. The van der Waals surface area contributed by atoms with Crippen molar-refractivity contribution in [3.05, 3.63) is 23.3 Å². The molecular weight excluding hydrogens is 228 g/mol. The third-order valence-electron chi connectivity index (χ3n) is 3.37. The zero-order valence-electron chi connectivity index (χ0n) is 10.9. The normalized spacial score (nSPS) is 16.4. The molecule has 0 saturated heterocycles. The SMILES string of the molecule is Cc1cc(C)c(O)c(NC(=O)CC(N)C2CC2)c1. The standard InChI is InChI=1S/C14H20N2O2/c1-8-5-9(2)14(18)12(6-8)16-13(17)7-11(15)10-3-4-10/h5-6,10-11,18H,3-4,7,15H2,1-2H3,(H,16,17). The summed E-state index contributed by atoms with van der Waals surface area (Å²) in [6, 6.07) is 3.59. The van der Waals surface area contributed by atoms with E-state index in [9.17, 15) is 9.90 Å². The molecule has 1 atom stereocenters. The van der Waals surface area contributed by atoms with Crippen molar-refractivity contribution in [3.63, 3.8) is 0 Å². The van der Waals surface area contributed by atoms with Gasteiger partial charge >= 0.3 is 0 Å². The van der Waals surface area contributed by atoms with Crippen LogP contribution in [0.1, 0.15) is 30.4 Å². The lowest BCUT2D eigenvalue weighted by atomic mass is 10.1. The summed E-state index contributed by atoms with van der Waals surface area (Å²) in [5, 5.41) is 12.6. The average Bonchev–Trinajstić information content (AvgIpc) is 3.08. The lowest BCUT2D eigenvalue weighted by molar-refractivity contribution is -0.116. The summed E-state index contributed by atoms with van der Waals surface area (Å²) in [5.41, 5.74) is 8.15. The van der Waals surface area contributed by atoms with Crippen LogP contribution >= 0.6 is 0 Å². The molecule has 0 aromatic heterocycles. The molecule has 4 nitrogen and oxygen atoms in total. The number of carbonyl (C=O) groups excluding carboxylic acids is 1. The van der Waals surface area contributed by atoms with Crippen LogP contribution in [0.3, 0.4) is 0 Å². The molecule has 1 aliphatic rings. The van der Waals surface area contributed by atoms with Crippen LogP contribution < -0.4 is 11.1 Å². The van der Waals surface area contributed by atoms with E-state index in [1.54, 1.807) is 6.07 Å². The van der Waals surface area contributed by atoms with Gasteiger partial charge in [-0.15, -0.1) is 0 Å². The van der Waals surface area contributed by atoms with Gasteiger partial charge in [0.25, 0.3) is 0 Å². The van der Waals surface area contributed by atoms with Gasteiger partial charge in [-0.05, 0) is 49.8 Å². The highest BCUT2D eigenvalue weighted by atomic mass is 16.3. The Morgan fingerprint density at radius 3 is 2.78 bits per heavy atom. The van der Waals surface area contributed by atoms with Crippen molar-refractivity contribution in [1.29, 1.82) is 0 Å². The molecule has 0 bridgehead atoms. The molecule has 1 aromatic rings. The second-order valence-electron chi connectivity index (χ2n) is 5.23. The first-order valence-corrected chi connectivity index (χ1v) is 6.33. The first-order valence-electron chi connectivity index (χ1n) is 6.33. The van der Waals surface area contributed by atoms with Gasteiger partial charge in [0.2, 0.25) is 5.91 Å². The van der Waals surface area contributed by atoms with E-state index >= 15 is 0 Å². The third kappa shape index (κ3) is 3.01. The second-order valence-corrected chi connectivity index (χ2v) is 5.23.